The molecule has 0 radical (unpaired) electrons. The zero-order valence-corrected chi connectivity index (χ0v) is 13.6. The number of halogens is 1. The molecule has 0 spiro atoms. The van der Waals surface area contributed by atoms with E-state index >= 15 is 0 Å². The number of carbonyl (C=O) groups excluding carboxylic acids is 4. The monoisotopic (exact) mass is 343 g/mol. The summed E-state index contributed by atoms with van der Waals surface area (Å²) >= 11 is 7.20. The van der Waals surface area contributed by atoms with Crippen LogP contribution in [0.15, 0.2) is 12.1 Å². The zero-order chi connectivity index (χ0) is 16.4. The molecule has 1 fully saturated rings. The van der Waals surface area contributed by atoms with Gasteiger partial charge in [0.25, 0.3) is 0 Å². The van der Waals surface area contributed by atoms with Crippen LogP contribution >= 0.6 is 22.9 Å². The number of rotatable bonds is 5. The van der Waals surface area contributed by atoms with Crippen LogP contribution in [0.3, 0.4) is 0 Å². The Morgan fingerprint density at radius 2 is 1.95 bits per heavy atom. The Hall–Kier alpha value is -1.93. The largest absolute Gasteiger partial charge is 0.336 e. The quantitative estimate of drug-likeness (QED) is 0.594. The normalized spacial score (nSPS) is 15.0. The summed E-state index contributed by atoms with van der Waals surface area (Å²) in [5, 5.41) is 0. The van der Waals surface area contributed by atoms with Gasteiger partial charge in [0.15, 0.2) is 0 Å². The Morgan fingerprint density at radius 1 is 1.27 bits per heavy atom. The van der Waals surface area contributed by atoms with Gasteiger partial charge in [-0.15, -0.1) is 11.3 Å². The first-order chi connectivity index (χ1) is 10.3. The van der Waals surface area contributed by atoms with E-state index in [9.17, 15) is 19.2 Å². The average molecular weight is 344 g/mol. The minimum Gasteiger partial charge on any atom is -0.336 e. The number of amides is 5. The van der Waals surface area contributed by atoms with Gasteiger partial charge in [-0.25, -0.2) is 9.69 Å². The lowest BCUT2D eigenvalue weighted by atomic mass is 10.3. The topological polar surface area (TPSA) is 78.0 Å². The number of hydrogen-bond acceptors (Lipinski definition) is 5. The van der Waals surface area contributed by atoms with Crippen LogP contribution in [0.4, 0.5) is 4.79 Å². The molecule has 1 aromatic rings. The number of thiophene rings is 1. The second kappa shape index (κ2) is 6.45. The predicted molar refractivity (Wildman–Crippen MR) is 80.3 cm³/mol. The highest BCUT2D eigenvalue weighted by Gasteiger charge is 2.43. The Labute approximate surface area is 136 Å². The van der Waals surface area contributed by atoms with Gasteiger partial charge in [0.2, 0.25) is 5.91 Å². The molecule has 0 atom stereocenters. The number of imide groups is 2. The summed E-state index contributed by atoms with van der Waals surface area (Å²) in [6.45, 7) is 2.10. The summed E-state index contributed by atoms with van der Waals surface area (Å²) in [6, 6.07) is 2.77. The van der Waals surface area contributed by atoms with Gasteiger partial charge in [-0.1, -0.05) is 11.6 Å². The number of urea groups is 1. The summed E-state index contributed by atoms with van der Waals surface area (Å²) in [6.07, 6.45) is 0. The fourth-order valence-corrected chi connectivity index (χ4v) is 3.09. The molecule has 2 heterocycles. The molecule has 5 amide bonds. The molecule has 0 N–H and O–H groups in total. The van der Waals surface area contributed by atoms with Gasteiger partial charge >= 0.3 is 17.8 Å². The van der Waals surface area contributed by atoms with Gasteiger partial charge < -0.3 is 4.90 Å². The molecular weight excluding hydrogens is 330 g/mol. The first-order valence-corrected chi connectivity index (χ1v) is 7.70. The van der Waals surface area contributed by atoms with E-state index in [-0.39, 0.29) is 0 Å². The fraction of sp³-hybridized carbons (Fsp3) is 0.385. The maximum Gasteiger partial charge on any atom is 0.334 e. The molecule has 0 aliphatic carbocycles. The van der Waals surface area contributed by atoms with Crippen LogP contribution in [0, 0.1) is 0 Å². The van der Waals surface area contributed by atoms with E-state index in [0.29, 0.717) is 27.2 Å². The van der Waals surface area contributed by atoms with Crippen LogP contribution in [0.25, 0.3) is 0 Å². The van der Waals surface area contributed by atoms with Crippen LogP contribution in [0.2, 0.25) is 4.34 Å². The summed E-state index contributed by atoms with van der Waals surface area (Å²) < 4.78 is 0.621. The molecule has 0 aromatic carbocycles. The van der Waals surface area contributed by atoms with Crippen molar-refractivity contribution in [1.82, 2.24) is 14.7 Å². The number of likely N-dealkylation sites (N-methyl/N-ethyl adjacent to an activating group) is 2. The molecule has 0 unspecified atom stereocenters. The lowest BCUT2D eigenvalue weighted by Gasteiger charge is -2.22. The van der Waals surface area contributed by atoms with Crippen molar-refractivity contribution in [3.63, 3.8) is 0 Å². The molecule has 9 heteroatoms. The second-order valence-electron chi connectivity index (χ2n) is 4.65. The number of hydrogen-bond donors (Lipinski definition) is 0. The lowest BCUT2D eigenvalue weighted by molar-refractivity contribution is -0.144. The summed E-state index contributed by atoms with van der Waals surface area (Å²) in [5.41, 5.74) is 0. The molecule has 118 valence electrons. The van der Waals surface area contributed by atoms with Crippen molar-refractivity contribution >= 4 is 46.7 Å². The first-order valence-electron chi connectivity index (χ1n) is 6.50. The molecule has 1 aromatic heterocycles. The number of carbonyl (C=O) groups is 4. The highest BCUT2D eigenvalue weighted by Crippen LogP contribution is 2.23. The Morgan fingerprint density at radius 3 is 2.41 bits per heavy atom. The summed E-state index contributed by atoms with van der Waals surface area (Å²) in [4.78, 5) is 50.9. The van der Waals surface area contributed by atoms with E-state index < -0.39 is 30.3 Å². The standard InChI is InChI=1S/C13H14ClN3O4S/c1-3-16(6-8-4-5-9(14)22-8)10(18)7-17-12(20)11(19)15(2)13(17)21/h4-5H,3,6-7H2,1-2H3. The molecule has 1 saturated heterocycles. The van der Waals surface area contributed by atoms with E-state index in [4.69, 9.17) is 11.6 Å². The molecule has 22 heavy (non-hydrogen) atoms. The molecule has 1 aliphatic rings. The zero-order valence-electron chi connectivity index (χ0n) is 12.0. The van der Waals surface area contributed by atoms with E-state index in [1.54, 1.807) is 13.0 Å². The maximum absolute atomic E-state index is 12.3. The smallest absolute Gasteiger partial charge is 0.334 e. The van der Waals surface area contributed by atoms with Gasteiger partial charge in [0.1, 0.15) is 6.54 Å². The minimum atomic E-state index is -0.976. The Balaban J connectivity index is 2.05. The SMILES string of the molecule is CCN(Cc1ccc(Cl)s1)C(=O)CN1C(=O)C(=O)N(C)C1=O. The fourth-order valence-electron chi connectivity index (χ4n) is 1.99. The molecule has 7 nitrogen and oxygen atoms in total. The second-order valence-corrected chi connectivity index (χ2v) is 6.45. The van der Waals surface area contributed by atoms with Crippen molar-refractivity contribution in [3.05, 3.63) is 21.3 Å². The van der Waals surface area contributed by atoms with Gasteiger partial charge in [-0.2, -0.15) is 0 Å². The molecule has 0 saturated carbocycles. The van der Waals surface area contributed by atoms with Crippen LogP contribution in [-0.2, 0) is 20.9 Å². The molecule has 0 bridgehead atoms. The summed E-state index contributed by atoms with van der Waals surface area (Å²) in [7, 11) is 1.21. The van der Waals surface area contributed by atoms with E-state index in [1.165, 1.54) is 23.3 Å². The van der Waals surface area contributed by atoms with Gasteiger partial charge in [-0.3, -0.25) is 19.3 Å². The summed E-state index contributed by atoms with van der Waals surface area (Å²) in [5.74, 6) is -2.31. The predicted octanol–water partition coefficient (Wildman–Crippen LogP) is 1.17. The third-order valence-electron chi connectivity index (χ3n) is 3.25. The highest BCUT2D eigenvalue weighted by atomic mass is 35.5. The molecular formula is C13H14ClN3O4S. The average Bonchev–Trinajstić information content (AvgIpc) is 2.98. The van der Waals surface area contributed by atoms with Crippen LogP contribution in [0.5, 0.6) is 0 Å². The highest BCUT2D eigenvalue weighted by molar-refractivity contribution is 7.16. The minimum absolute atomic E-state index is 0.340. The molecule has 1 aliphatic heterocycles. The van der Waals surface area contributed by atoms with E-state index in [2.05, 4.69) is 0 Å². The van der Waals surface area contributed by atoms with Crippen LogP contribution in [0.1, 0.15) is 11.8 Å². The first kappa shape index (κ1) is 16.4. The third-order valence-corrected chi connectivity index (χ3v) is 4.47. The van der Waals surface area contributed by atoms with E-state index in [1.807, 2.05) is 6.07 Å². The van der Waals surface area contributed by atoms with Crippen molar-refractivity contribution in [1.29, 1.82) is 0 Å². The van der Waals surface area contributed by atoms with Gasteiger partial charge in [0.05, 0.1) is 10.9 Å². The van der Waals surface area contributed by atoms with E-state index in [0.717, 1.165) is 4.88 Å². The van der Waals surface area contributed by atoms with Crippen LogP contribution < -0.4 is 0 Å². The van der Waals surface area contributed by atoms with Crippen molar-refractivity contribution in [2.45, 2.75) is 13.5 Å². The van der Waals surface area contributed by atoms with Crippen molar-refractivity contribution in [3.8, 4) is 0 Å². The van der Waals surface area contributed by atoms with Crippen molar-refractivity contribution < 1.29 is 19.2 Å². The van der Waals surface area contributed by atoms with Crippen molar-refractivity contribution in [2.24, 2.45) is 0 Å². The Bertz CT molecular complexity index is 645. The van der Waals surface area contributed by atoms with Gasteiger partial charge in [-0.05, 0) is 19.1 Å². The lowest BCUT2D eigenvalue weighted by Crippen LogP contribution is -2.42. The van der Waals surface area contributed by atoms with Crippen molar-refractivity contribution in [2.75, 3.05) is 20.1 Å². The third kappa shape index (κ3) is 3.12. The maximum atomic E-state index is 12.3. The van der Waals surface area contributed by atoms with Crippen LogP contribution in [-0.4, -0.2) is 58.6 Å². The Kier molecular flexibility index (Phi) is 4.82. The van der Waals surface area contributed by atoms with Gasteiger partial charge in [0, 0.05) is 18.5 Å². The molecule has 2 rings (SSSR count). The number of nitrogens with zero attached hydrogens (tertiary/aromatic N) is 3.